The van der Waals surface area contributed by atoms with Gasteiger partial charge in [-0.3, -0.25) is 4.79 Å². The lowest BCUT2D eigenvalue weighted by atomic mass is 10.2. The zero-order valence-corrected chi connectivity index (χ0v) is 10.9. The molecule has 0 aliphatic rings. The number of halogens is 1. The second-order valence-electron chi connectivity index (χ2n) is 3.47. The third-order valence-electron chi connectivity index (χ3n) is 2.08. The molecule has 0 saturated heterocycles. The molecule has 0 heterocycles. The van der Waals surface area contributed by atoms with E-state index in [1.807, 2.05) is 24.3 Å². The van der Waals surface area contributed by atoms with Crippen LogP contribution in [0.5, 0.6) is 0 Å². The zero-order chi connectivity index (χ0) is 11.8. The number of hydrogen-bond acceptors (Lipinski definition) is 2. The Hall–Kier alpha value is -0.670. The number of carbonyl (C=O) groups excluding carboxylic acids is 1. The first-order valence-corrected chi connectivity index (χ1v) is 6.74. The molecule has 0 atom stereocenters. The molecule has 0 saturated carbocycles. The summed E-state index contributed by atoms with van der Waals surface area (Å²) in [7, 11) is 0. The highest BCUT2D eigenvalue weighted by atomic mass is 35.5. The summed E-state index contributed by atoms with van der Waals surface area (Å²) in [5.74, 6) is 0.892. The van der Waals surface area contributed by atoms with E-state index in [1.165, 1.54) is 11.8 Å². The van der Waals surface area contributed by atoms with Crippen LogP contribution < -0.4 is 5.32 Å². The second-order valence-corrected chi connectivity index (χ2v) is 4.97. The van der Waals surface area contributed by atoms with Crippen molar-refractivity contribution in [2.45, 2.75) is 26.3 Å². The first kappa shape index (κ1) is 13.4. The lowest BCUT2D eigenvalue weighted by Gasteiger charge is -2.04. The van der Waals surface area contributed by atoms with Gasteiger partial charge >= 0.3 is 0 Å². The summed E-state index contributed by atoms with van der Waals surface area (Å²) >= 11 is 7.11. The molecule has 0 aromatic heterocycles. The van der Waals surface area contributed by atoms with Crippen molar-refractivity contribution in [2.24, 2.45) is 0 Å². The van der Waals surface area contributed by atoms with Crippen molar-refractivity contribution in [3.63, 3.8) is 0 Å². The van der Waals surface area contributed by atoms with Crippen LogP contribution in [0.15, 0.2) is 24.3 Å². The van der Waals surface area contributed by atoms with E-state index in [2.05, 4.69) is 12.2 Å². The molecule has 0 bridgehead atoms. The number of unbranched alkanes of at least 4 members (excludes halogenated alkanes) is 1. The summed E-state index contributed by atoms with van der Waals surface area (Å²) < 4.78 is 0. The fraction of sp³-hybridized carbons (Fsp3) is 0.417. The molecule has 88 valence electrons. The van der Waals surface area contributed by atoms with Crippen molar-refractivity contribution < 1.29 is 4.79 Å². The molecule has 2 nitrogen and oxygen atoms in total. The summed E-state index contributed by atoms with van der Waals surface area (Å²) in [6.07, 6.45) is 2.20. The molecule has 0 aliphatic carbocycles. The van der Waals surface area contributed by atoms with Gasteiger partial charge in [0.1, 0.15) is 0 Å². The number of rotatable bonds is 5. The van der Waals surface area contributed by atoms with Gasteiger partial charge < -0.3 is 5.32 Å². The largest absolute Gasteiger partial charge is 0.343 e. The van der Waals surface area contributed by atoms with Gasteiger partial charge in [0.05, 0.1) is 0 Å². The van der Waals surface area contributed by atoms with Crippen LogP contribution in [0.25, 0.3) is 0 Å². The topological polar surface area (TPSA) is 29.1 Å². The third kappa shape index (κ3) is 5.42. The van der Waals surface area contributed by atoms with Gasteiger partial charge in [0.2, 0.25) is 0 Å². The van der Waals surface area contributed by atoms with Gasteiger partial charge in [0, 0.05) is 17.3 Å². The van der Waals surface area contributed by atoms with Crippen molar-refractivity contribution in [2.75, 3.05) is 5.75 Å². The number of carbonyl (C=O) groups is 1. The minimum absolute atomic E-state index is 0.0448. The molecular weight excluding hydrogens is 242 g/mol. The fourth-order valence-corrected chi connectivity index (χ4v) is 2.06. The Kier molecular flexibility index (Phi) is 6.34. The molecule has 0 unspecified atom stereocenters. The molecular formula is C12H16ClNOS. The van der Waals surface area contributed by atoms with Crippen LogP contribution in [-0.4, -0.2) is 11.0 Å². The van der Waals surface area contributed by atoms with Crippen LogP contribution in [0.2, 0.25) is 5.02 Å². The molecule has 1 N–H and O–H groups in total. The quantitative estimate of drug-likeness (QED) is 0.806. The van der Waals surface area contributed by atoms with Gasteiger partial charge in [-0.2, -0.15) is 0 Å². The highest BCUT2D eigenvalue weighted by molar-refractivity contribution is 8.13. The van der Waals surface area contributed by atoms with Crippen molar-refractivity contribution in [3.8, 4) is 0 Å². The molecule has 0 spiro atoms. The van der Waals surface area contributed by atoms with Crippen LogP contribution in [0.4, 0.5) is 4.79 Å². The minimum Gasteiger partial charge on any atom is -0.343 e. The third-order valence-corrected chi connectivity index (χ3v) is 3.23. The van der Waals surface area contributed by atoms with Crippen LogP contribution in [0, 0.1) is 0 Å². The summed E-state index contributed by atoms with van der Waals surface area (Å²) in [6.45, 7) is 2.68. The number of nitrogens with one attached hydrogen (secondary N) is 1. The van der Waals surface area contributed by atoms with Gasteiger partial charge in [-0.15, -0.1) is 0 Å². The van der Waals surface area contributed by atoms with E-state index in [-0.39, 0.29) is 5.24 Å². The first-order valence-electron chi connectivity index (χ1n) is 5.37. The highest BCUT2D eigenvalue weighted by Gasteiger charge is 2.01. The highest BCUT2D eigenvalue weighted by Crippen LogP contribution is 2.10. The first-order chi connectivity index (χ1) is 7.72. The summed E-state index contributed by atoms with van der Waals surface area (Å²) in [6, 6.07) is 7.49. The lowest BCUT2D eigenvalue weighted by molar-refractivity contribution is 0.260. The summed E-state index contributed by atoms with van der Waals surface area (Å²) in [4.78, 5) is 11.4. The Labute approximate surface area is 106 Å². The van der Waals surface area contributed by atoms with E-state index in [0.29, 0.717) is 11.6 Å². The maximum absolute atomic E-state index is 11.4. The molecule has 16 heavy (non-hydrogen) atoms. The molecule has 0 radical (unpaired) electrons. The van der Waals surface area contributed by atoms with Crippen LogP contribution in [0.1, 0.15) is 25.3 Å². The van der Waals surface area contributed by atoms with Gasteiger partial charge in [-0.25, -0.2) is 0 Å². The molecule has 1 aromatic rings. The average Bonchev–Trinajstić information content (AvgIpc) is 2.29. The number of hydrogen-bond donors (Lipinski definition) is 1. The lowest BCUT2D eigenvalue weighted by Crippen LogP contribution is -2.18. The maximum atomic E-state index is 11.4. The Balaban J connectivity index is 2.23. The summed E-state index contributed by atoms with van der Waals surface area (Å²) in [5.41, 5.74) is 1.06. The van der Waals surface area contributed by atoms with Crippen LogP contribution >= 0.6 is 23.4 Å². The zero-order valence-electron chi connectivity index (χ0n) is 9.33. The van der Waals surface area contributed by atoms with Crippen LogP contribution in [-0.2, 0) is 6.54 Å². The molecule has 1 aromatic carbocycles. The van der Waals surface area contributed by atoms with Crippen molar-refractivity contribution in [1.82, 2.24) is 5.32 Å². The Morgan fingerprint density at radius 1 is 1.38 bits per heavy atom. The number of amides is 1. The Bertz CT molecular complexity index is 326. The smallest absolute Gasteiger partial charge is 0.279 e. The van der Waals surface area contributed by atoms with E-state index >= 15 is 0 Å². The standard InChI is InChI=1S/C12H16ClNOS/c1-2-3-8-16-12(15)14-9-10-4-6-11(13)7-5-10/h4-7H,2-3,8-9H2,1H3,(H,14,15). The molecule has 4 heteroatoms. The van der Waals surface area contributed by atoms with Gasteiger partial charge in [-0.1, -0.05) is 48.8 Å². The van der Waals surface area contributed by atoms with E-state index in [9.17, 15) is 4.79 Å². The van der Waals surface area contributed by atoms with E-state index in [4.69, 9.17) is 11.6 Å². The van der Waals surface area contributed by atoms with Gasteiger partial charge in [0.25, 0.3) is 5.24 Å². The fourth-order valence-electron chi connectivity index (χ4n) is 1.14. The van der Waals surface area contributed by atoms with E-state index in [1.54, 1.807) is 0 Å². The normalized spacial score (nSPS) is 10.1. The average molecular weight is 258 g/mol. The molecule has 1 rings (SSSR count). The minimum atomic E-state index is 0.0448. The second kappa shape index (κ2) is 7.58. The molecule has 1 amide bonds. The predicted octanol–water partition coefficient (Wildman–Crippen LogP) is 4.08. The number of benzene rings is 1. The van der Waals surface area contributed by atoms with Crippen LogP contribution in [0.3, 0.4) is 0 Å². The SMILES string of the molecule is CCCCSC(=O)NCc1ccc(Cl)cc1. The van der Waals surface area contributed by atoms with Gasteiger partial charge in [0.15, 0.2) is 0 Å². The summed E-state index contributed by atoms with van der Waals surface area (Å²) in [5, 5.41) is 3.62. The van der Waals surface area contributed by atoms with E-state index < -0.39 is 0 Å². The monoisotopic (exact) mass is 257 g/mol. The molecule has 0 fully saturated rings. The Morgan fingerprint density at radius 2 is 2.06 bits per heavy atom. The van der Waals surface area contributed by atoms with Crippen molar-refractivity contribution in [3.05, 3.63) is 34.9 Å². The predicted molar refractivity (Wildman–Crippen MR) is 71.1 cm³/mol. The van der Waals surface area contributed by atoms with Crippen molar-refractivity contribution >= 4 is 28.6 Å². The molecule has 0 aliphatic heterocycles. The maximum Gasteiger partial charge on any atom is 0.279 e. The van der Waals surface area contributed by atoms with E-state index in [0.717, 1.165) is 24.2 Å². The van der Waals surface area contributed by atoms with Crippen molar-refractivity contribution in [1.29, 1.82) is 0 Å². The number of thioether (sulfide) groups is 1. The Morgan fingerprint density at radius 3 is 2.69 bits per heavy atom. The van der Waals surface area contributed by atoms with Gasteiger partial charge in [-0.05, 0) is 24.1 Å².